The maximum Gasteiger partial charge on any atom is 0.0926 e. The fourth-order valence-electron chi connectivity index (χ4n) is 2.19. The maximum atomic E-state index is 5.92. The zero-order valence-electron chi connectivity index (χ0n) is 11.3. The van der Waals surface area contributed by atoms with Crippen LogP contribution in [0.1, 0.15) is 11.3 Å². The van der Waals surface area contributed by atoms with Crippen LogP contribution in [0.5, 0.6) is 0 Å². The highest BCUT2D eigenvalue weighted by Gasteiger charge is 2.07. The van der Waals surface area contributed by atoms with Gasteiger partial charge in [0.05, 0.1) is 12.2 Å². The molecule has 0 radical (unpaired) electrons. The summed E-state index contributed by atoms with van der Waals surface area (Å²) in [6.45, 7) is 2.87. The minimum atomic E-state index is 0.745. The number of nitrogens with zero attached hydrogens (tertiary/aromatic N) is 2. The van der Waals surface area contributed by atoms with E-state index >= 15 is 0 Å². The molecule has 2 nitrogen and oxygen atoms in total. The minimum Gasteiger partial charge on any atom is -0.265 e. The van der Waals surface area contributed by atoms with Crippen LogP contribution in [-0.4, -0.2) is 9.78 Å². The first-order valence-electron chi connectivity index (χ1n) is 6.57. The summed E-state index contributed by atoms with van der Waals surface area (Å²) in [5.41, 5.74) is 4.47. The summed E-state index contributed by atoms with van der Waals surface area (Å²) < 4.78 is 2.03. The number of hydrogen-bond acceptors (Lipinski definition) is 1. The molecule has 0 aliphatic rings. The Balaban J connectivity index is 1.89. The molecular weight excluding hydrogens is 268 g/mol. The SMILES string of the molecule is Cc1cc(-c2ccc(Cl)cc2)nn1Cc1ccccc1. The van der Waals surface area contributed by atoms with E-state index in [2.05, 4.69) is 30.2 Å². The molecule has 0 bridgehead atoms. The van der Waals surface area contributed by atoms with Crippen LogP contribution >= 0.6 is 11.6 Å². The summed E-state index contributed by atoms with van der Waals surface area (Å²) in [7, 11) is 0. The number of halogens is 1. The Hall–Kier alpha value is -2.06. The lowest BCUT2D eigenvalue weighted by atomic mass is 10.1. The molecule has 3 aromatic rings. The molecule has 0 aliphatic carbocycles. The largest absolute Gasteiger partial charge is 0.265 e. The van der Waals surface area contributed by atoms with Crippen LogP contribution in [-0.2, 0) is 6.54 Å². The van der Waals surface area contributed by atoms with Crippen molar-refractivity contribution in [2.24, 2.45) is 0 Å². The Morgan fingerprint density at radius 1 is 1.00 bits per heavy atom. The third-order valence-electron chi connectivity index (χ3n) is 3.30. The fourth-order valence-corrected chi connectivity index (χ4v) is 2.31. The molecule has 0 N–H and O–H groups in total. The van der Waals surface area contributed by atoms with E-state index in [9.17, 15) is 0 Å². The first kappa shape index (κ1) is 12.9. The van der Waals surface area contributed by atoms with Gasteiger partial charge in [-0.2, -0.15) is 5.10 Å². The highest BCUT2D eigenvalue weighted by molar-refractivity contribution is 6.30. The Labute approximate surface area is 123 Å². The van der Waals surface area contributed by atoms with Crippen molar-refractivity contribution in [2.75, 3.05) is 0 Å². The number of aryl methyl sites for hydroxylation is 1. The number of hydrogen-bond donors (Lipinski definition) is 0. The van der Waals surface area contributed by atoms with Crippen LogP contribution in [0.2, 0.25) is 5.02 Å². The highest BCUT2D eigenvalue weighted by atomic mass is 35.5. The van der Waals surface area contributed by atoms with Gasteiger partial charge in [-0.25, -0.2) is 0 Å². The van der Waals surface area contributed by atoms with E-state index in [1.165, 1.54) is 5.56 Å². The van der Waals surface area contributed by atoms with Crippen molar-refractivity contribution in [3.63, 3.8) is 0 Å². The molecule has 0 atom stereocenters. The molecule has 1 heterocycles. The Bertz CT molecular complexity index is 700. The van der Waals surface area contributed by atoms with Gasteiger partial charge in [-0.3, -0.25) is 4.68 Å². The van der Waals surface area contributed by atoms with Gasteiger partial charge in [-0.1, -0.05) is 54.1 Å². The maximum absolute atomic E-state index is 5.92. The fraction of sp³-hybridized carbons (Fsp3) is 0.118. The predicted octanol–water partition coefficient (Wildman–Crippen LogP) is 4.56. The summed E-state index contributed by atoms with van der Waals surface area (Å²) in [5, 5.41) is 5.42. The van der Waals surface area contributed by atoms with Gasteiger partial charge < -0.3 is 0 Å². The average Bonchev–Trinajstić information content (AvgIpc) is 2.82. The summed E-state index contributed by atoms with van der Waals surface area (Å²) >= 11 is 5.92. The van der Waals surface area contributed by atoms with E-state index in [1.54, 1.807) is 0 Å². The molecule has 20 heavy (non-hydrogen) atoms. The molecule has 2 aromatic carbocycles. The molecule has 0 aliphatic heterocycles. The van der Waals surface area contributed by atoms with Crippen molar-refractivity contribution in [1.29, 1.82) is 0 Å². The summed E-state index contributed by atoms with van der Waals surface area (Å²) in [6, 6.07) is 20.2. The van der Waals surface area contributed by atoms with Crippen LogP contribution in [0, 0.1) is 6.92 Å². The smallest absolute Gasteiger partial charge is 0.0926 e. The third kappa shape index (κ3) is 2.75. The van der Waals surface area contributed by atoms with Crippen molar-refractivity contribution in [3.05, 3.63) is 76.9 Å². The lowest BCUT2D eigenvalue weighted by Gasteiger charge is -2.04. The van der Waals surface area contributed by atoms with Crippen molar-refractivity contribution < 1.29 is 0 Å². The molecule has 100 valence electrons. The summed E-state index contributed by atoms with van der Waals surface area (Å²) in [6.07, 6.45) is 0. The Kier molecular flexibility index (Phi) is 3.57. The number of benzene rings is 2. The van der Waals surface area contributed by atoms with Crippen LogP contribution < -0.4 is 0 Å². The topological polar surface area (TPSA) is 17.8 Å². The van der Waals surface area contributed by atoms with Gasteiger partial charge in [-0.15, -0.1) is 0 Å². The second kappa shape index (κ2) is 5.51. The van der Waals surface area contributed by atoms with E-state index < -0.39 is 0 Å². The summed E-state index contributed by atoms with van der Waals surface area (Å²) in [5.74, 6) is 0. The zero-order chi connectivity index (χ0) is 13.9. The second-order valence-corrected chi connectivity index (χ2v) is 5.26. The molecule has 3 heteroatoms. The normalized spacial score (nSPS) is 10.7. The van der Waals surface area contributed by atoms with Crippen molar-refractivity contribution in [1.82, 2.24) is 9.78 Å². The zero-order valence-corrected chi connectivity index (χ0v) is 12.0. The van der Waals surface area contributed by atoms with E-state index in [0.29, 0.717) is 0 Å². The van der Waals surface area contributed by atoms with Gasteiger partial charge in [0, 0.05) is 16.3 Å². The predicted molar refractivity (Wildman–Crippen MR) is 83.0 cm³/mol. The molecule has 0 saturated heterocycles. The van der Waals surface area contributed by atoms with Gasteiger partial charge in [-0.05, 0) is 30.7 Å². The highest BCUT2D eigenvalue weighted by Crippen LogP contribution is 2.21. The second-order valence-electron chi connectivity index (χ2n) is 4.82. The van der Waals surface area contributed by atoms with Gasteiger partial charge in [0.2, 0.25) is 0 Å². The van der Waals surface area contributed by atoms with Crippen LogP contribution in [0.4, 0.5) is 0 Å². The standard InChI is InChI=1S/C17H15ClN2/c1-13-11-17(15-7-9-16(18)10-8-15)19-20(13)12-14-5-3-2-4-6-14/h2-11H,12H2,1H3. The molecule has 0 unspecified atom stereocenters. The monoisotopic (exact) mass is 282 g/mol. The van der Waals surface area contributed by atoms with Gasteiger partial charge >= 0.3 is 0 Å². The summed E-state index contributed by atoms with van der Waals surface area (Å²) in [4.78, 5) is 0. The van der Waals surface area contributed by atoms with Gasteiger partial charge in [0.1, 0.15) is 0 Å². The molecule has 0 fully saturated rings. The first-order valence-corrected chi connectivity index (χ1v) is 6.94. The molecule has 1 aromatic heterocycles. The molecule has 0 saturated carbocycles. The quantitative estimate of drug-likeness (QED) is 0.688. The van der Waals surface area contributed by atoms with E-state index in [-0.39, 0.29) is 0 Å². The lowest BCUT2D eigenvalue weighted by molar-refractivity contribution is 0.667. The van der Waals surface area contributed by atoms with Crippen molar-refractivity contribution in [2.45, 2.75) is 13.5 Å². The third-order valence-corrected chi connectivity index (χ3v) is 3.55. The van der Waals surface area contributed by atoms with E-state index in [4.69, 9.17) is 11.6 Å². The van der Waals surface area contributed by atoms with Crippen molar-refractivity contribution >= 4 is 11.6 Å². The lowest BCUT2D eigenvalue weighted by Crippen LogP contribution is -2.03. The van der Waals surface area contributed by atoms with Crippen molar-refractivity contribution in [3.8, 4) is 11.3 Å². The van der Waals surface area contributed by atoms with E-state index in [0.717, 1.165) is 28.5 Å². The van der Waals surface area contributed by atoms with Crippen LogP contribution in [0.3, 0.4) is 0 Å². The van der Waals surface area contributed by atoms with E-state index in [1.807, 2.05) is 47.1 Å². The van der Waals surface area contributed by atoms with Gasteiger partial charge in [0.15, 0.2) is 0 Å². The number of aromatic nitrogens is 2. The number of rotatable bonds is 3. The average molecular weight is 283 g/mol. The Morgan fingerprint density at radius 3 is 2.40 bits per heavy atom. The Morgan fingerprint density at radius 2 is 1.70 bits per heavy atom. The molecule has 0 spiro atoms. The van der Waals surface area contributed by atoms with Crippen LogP contribution in [0.15, 0.2) is 60.7 Å². The minimum absolute atomic E-state index is 0.745. The van der Waals surface area contributed by atoms with Crippen LogP contribution in [0.25, 0.3) is 11.3 Å². The first-order chi connectivity index (χ1) is 9.72. The molecule has 0 amide bonds. The molecular formula is C17H15ClN2. The van der Waals surface area contributed by atoms with Gasteiger partial charge in [0.25, 0.3) is 0 Å². The molecule has 3 rings (SSSR count).